The zero-order chi connectivity index (χ0) is 12.8. The molecule has 0 fully saturated rings. The summed E-state index contributed by atoms with van der Waals surface area (Å²) in [5.74, 6) is -0.0102. The molecule has 4 nitrogen and oxygen atoms in total. The Morgan fingerprint density at radius 1 is 1.24 bits per heavy atom. The summed E-state index contributed by atoms with van der Waals surface area (Å²) in [5, 5.41) is 2.77. The van der Waals surface area contributed by atoms with Crippen LogP contribution in [-0.2, 0) is 0 Å². The predicted molar refractivity (Wildman–Crippen MR) is 68.4 cm³/mol. The van der Waals surface area contributed by atoms with Crippen LogP contribution in [0, 0.1) is 0 Å². The first-order valence-corrected chi connectivity index (χ1v) is 5.75. The van der Waals surface area contributed by atoms with E-state index < -0.39 is 0 Å². The zero-order valence-corrected chi connectivity index (χ0v) is 10.5. The fourth-order valence-corrected chi connectivity index (χ4v) is 1.53. The number of hydrogen-bond donors (Lipinski definition) is 1. The van der Waals surface area contributed by atoms with Crippen molar-refractivity contribution in [2.75, 3.05) is 18.4 Å². The minimum absolute atomic E-state index is 0.0102. The molecule has 1 aromatic carbocycles. The molecule has 0 radical (unpaired) electrons. The molecule has 0 aliphatic rings. The van der Waals surface area contributed by atoms with Gasteiger partial charge in [0, 0.05) is 24.3 Å². The number of Topliss-reactive ketones (excluding diaryl/α,β-unsaturated/α-hetero) is 1. The summed E-state index contributed by atoms with van der Waals surface area (Å²) in [6, 6.07) is 6.80. The maximum absolute atomic E-state index is 11.8. The third-order valence-corrected chi connectivity index (χ3v) is 2.57. The van der Waals surface area contributed by atoms with Crippen LogP contribution < -0.4 is 5.32 Å². The van der Waals surface area contributed by atoms with Crippen LogP contribution in [0.5, 0.6) is 0 Å². The molecule has 0 aromatic heterocycles. The van der Waals surface area contributed by atoms with Gasteiger partial charge in [-0.3, -0.25) is 4.79 Å². The Morgan fingerprint density at radius 3 is 2.41 bits per heavy atom. The second kappa shape index (κ2) is 6.03. The molecule has 1 aromatic rings. The second-order valence-electron chi connectivity index (χ2n) is 3.74. The number of urea groups is 1. The Balaban J connectivity index is 2.78. The molecule has 92 valence electrons. The maximum atomic E-state index is 11.8. The standard InChI is InChI=1S/C13H18N2O2/c1-4-15(5-2)13(17)14-12-8-6-7-11(9-12)10(3)16/h6-9H,4-5H2,1-3H3,(H,14,17). The first-order chi connectivity index (χ1) is 8.08. The summed E-state index contributed by atoms with van der Waals surface area (Å²) in [6.07, 6.45) is 0. The fraction of sp³-hybridized carbons (Fsp3) is 0.385. The van der Waals surface area contributed by atoms with E-state index in [1.54, 1.807) is 29.2 Å². The number of anilines is 1. The Bertz CT molecular complexity index is 412. The van der Waals surface area contributed by atoms with E-state index in [4.69, 9.17) is 0 Å². The van der Waals surface area contributed by atoms with Gasteiger partial charge in [-0.05, 0) is 32.9 Å². The summed E-state index contributed by atoms with van der Waals surface area (Å²) in [6.45, 7) is 6.68. The van der Waals surface area contributed by atoms with Gasteiger partial charge in [-0.25, -0.2) is 4.79 Å². The van der Waals surface area contributed by atoms with Crippen molar-refractivity contribution in [2.24, 2.45) is 0 Å². The molecule has 0 aliphatic carbocycles. The van der Waals surface area contributed by atoms with Crippen LogP contribution in [0.2, 0.25) is 0 Å². The first-order valence-electron chi connectivity index (χ1n) is 5.75. The monoisotopic (exact) mass is 234 g/mol. The molecule has 0 atom stereocenters. The van der Waals surface area contributed by atoms with Crippen molar-refractivity contribution < 1.29 is 9.59 Å². The minimum atomic E-state index is -0.143. The first kappa shape index (κ1) is 13.2. The predicted octanol–water partition coefficient (Wildman–Crippen LogP) is 2.76. The van der Waals surface area contributed by atoms with Crippen LogP contribution in [0.3, 0.4) is 0 Å². The van der Waals surface area contributed by atoms with Crippen molar-refractivity contribution in [3.8, 4) is 0 Å². The minimum Gasteiger partial charge on any atom is -0.325 e. The molecule has 0 saturated carbocycles. The highest BCUT2D eigenvalue weighted by Gasteiger charge is 2.09. The highest BCUT2D eigenvalue weighted by molar-refractivity contribution is 5.96. The quantitative estimate of drug-likeness (QED) is 0.814. The van der Waals surface area contributed by atoms with Gasteiger partial charge in [0.05, 0.1) is 0 Å². The smallest absolute Gasteiger partial charge is 0.321 e. The maximum Gasteiger partial charge on any atom is 0.321 e. The normalized spacial score (nSPS) is 9.82. The number of benzene rings is 1. The molecule has 17 heavy (non-hydrogen) atoms. The van der Waals surface area contributed by atoms with Gasteiger partial charge in [0.25, 0.3) is 0 Å². The van der Waals surface area contributed by atoms with Crippen LogP contribution in [0.1, 0.15) is 31.1 Å². The fourth-order valence-electron chi connectivity index (χ4n) is 1.53. The number of rotatable bonds is 4. The Labute approximate surface area is 102 Å². The third-order valence-electron chi connectivity index (χ3n) is 2.57. The Morgan fingerprint density at radius 2 is 1.88 bits per heavy atom. The highest BCUT2D eigenvalue weighted by atomic mass is 16.2. The van der Waals surface area contributed by atoms with Crippen molar-refractivity contribution in [3.63, 3.8) is 0 Å². The summed E-state index contributed by atoms with van der Waals surface area (Å²) in [4.78, 5) is 24.7. The lowest BCUT2D eigenvalue weighted by Crippen LogP contribution is -2.34. The number of ketones is 1. The van der Waals surface area contributed by atoms with Crippen molar-refractivity contribution in [1.82, 2.24) is 4.90 Å². The molecule has 2 amide bonds. The largest absolute Gasteiger partial charge is 0.325 e. The van der Waals surface area contributed by atoms with Gasteiger partial charge in [-0.1, -0.05) is 12.1 Å². The molecule has 0 unspecified atom stereocenters. The van der Waals surface area contributed by atoms with Gasteiger partial charge < -0.3 is 10.2 Å². The molecule has 0 bridgehead atoms. The molecular formula is C13H18N2O2. The van der Waals surface area contributed by atoms with Gasteiger partial charge in [0.1, 0.15) is 0 Å². The SMILES string of the molecule is CCN(CC)C(=O)Nc1cccc(C(C)=O)c1. The molecule has 0 saturated heterocycles. The molecule has 1 N–H and O–H groups in total. The summed E-state index contributed by atoms with van der Waals surface area (Å²) < 4.78 is 0. The van der Waals surface area contributed by atoms with Crippen molar-refractivity contribution in [2.45, 2.75) is 20.8 Å². The van der Waals surface area contributed by atoms with E-state index in [-0.39, 0.29) is 11.8 Å². The van der Waals surface area contributed by atoms with Crippen LogP contribution in [0.4, 0.5) is 10.5 Å². The topological polar surface area (TPSA) is 49.4 Å². The second-order valence-corrected chi connectivity index (χ2v) is 3.74. The summed E-state index contributed by atoms with van der Waals surface area (Å²) in [7, 11) is 0. The average Bonchev–Trinajstić information content (AvgIpc) is 2.30. The molecule has 1 rings (SSSR count). The number of hydrogen-bond acceptors (Lipinski definition) is 2. The molecule has 0 aliphatic heterocycles. The molecule has 4 heteroatoms. The number of amides is 2. The van der Waals surface area contributed by atoms with E-state index in [1.807, 2.05) is 13.8 Å². The lowest BCUT2D eigenvalue weighted by atomic mass is 10.1. The lowest BCUT2D eigenvalue weighted by molar-refractivity contribution is 0.101. The van der Waals surface area contributed by atoms with E-state index >= 15 is 0 Å². The van der Waals surface area contributed by atoms with Crippen LogP contribution in [0.15, 0.2) is 24.3 Å². The average molecular weight is 234 g/mol. The van der Waals surface area contributed by atoms with Crippen molar-refractivity contribution >= 4 is 17.5 Å². The van der Waals surface area contributed by atoms with Gasteiger partial charge >= 0.3 is 6.03 Å². The van der Waals surface area contributed by atoms with Gasteiger partial charge in [-0.2, -0.15) is 0 Å². The van der Waals surface area contributed by atoms with E-state index in [9.17, 15) is 9.59 Å². The van der Waals surface area contributed by atoms with Crippen LogP contribution >= 0.6 is 0 Å². The van der Waals surface area contributed by atoms with E-state index in [1.165, 1.54) is 6.92 Å². The van der Waals surface area contributed by atoms with Crippen LogP contribution in [0.25, 0.3) is 0 Å². The number of carbonyl (C=O) groups excluding carboxylic acids is 2. The van der Waals surface area contributed by atoms with Crippen molar-refractivity contribution in [1.29, 1.82) is 0 Å². The Kier molecular flexibility index (Phi) is 4.69. The van der Waals surface area contributed by atoms with E-state index in [0.717, 1.165) is 0 Å². The molecule has 0 heterocycles. The summed E-state index contributed by atoms with van der Waals surface area (Å²) in [5.41, 5.74) is 1.25. The lowest BCUT2D eigenvalue weighted by Gasteiger charge is -2.19. The van der Waals surface area contributed by atoms with E-state index in [0.29, 0.717) is 24.3 Å². The van der Waals surface area contributed by atoms with Crippen LogP contribution in [-0.4, -0.2) is 29.8 Å². The van der Waals surface area contributed by atoms with Gasteiger partial charge in [0.15, 0.2) is 5.78 Å². The zero-order valence-electron chi connectivity index (χ0n) is 10.5. The number of nitrogens with zero attached hydrogens (tertiary/aromatic N) is 1. The van der Waals surface area contributed by atoms with Gasteiger partial charge in [0.2, 0.25) is 0 Å². The number of carbonyl (C=O) groups is 2. The molecule has 0 spiro atoms. The Hall–Kier alpha value is -1.84. The van der Waals surface area contributed by atoms with E-state index in [2.05, 4.69) is 5.32 Å². The number of nitrogens with one attached hydrogen (secondary N) is 1. The van der Waals surface area contributed by atoms with Gasteiger partial charge in [-0.15, -0.1) is 0 Å². The third kappa shape index (κ3) is 3.59. The highest BCUT2D eigenvalue weighted by Crippen LogP contribution is 2.11. The summed E-state index contributed by atoms with van der Waals surface area (Å²) >= 11 is 0. The van der Waals surface area contributed by atoms with Crippen molar-refractivity contribution in [3.05, 3.63) is 29.8 Å². The molecular weight excluding hydrogens is 216 g/mol.